The van der Waals surface area contributed by atoms with Gasteiger partial charge in [0.2, 0.25) is 0 Å². The minimum Gasteiger partial charge on any atom is -0.508 e. The Morgan fingerprint density at radius 3 is 2.62 bits per heavy atom. The number of phenols is 1. The van der Waals surface area contributed by atoms with Gasteiger partial charge in [-0.2, -0.15) is 5.26 Å². The van der Waals surface area contributed by atoms with E-state index in [0.717, 1.165) is 35.8 Å². The van der Waals surface area contributed by atoms with Gasteiger partial charge in [-0.25, -0.2) is 0 Å². The largest absolute Gasteiger partial charge is 0.508 e. The maximum Gasteiger partial charge on any atom is 0.134 e. The van der Waals surface area contributed by atoms with Crippen molar-refractivity contribution in [2.24, 2.45) is 0 Å². The van der Waals surface area contributed by atoms with Crippen LogP contribution >= 0.6 is 0 Å². The molecule has 0 aliphatic rings. The molecule has 0 unspecified atom stereocenters. The Balaban J connectivity index is 1.70. The highest BCUT2D eigenvalue weighted by Crippen LogP contribution is 2.24. The molecule has 0 saturated carbocycles. The maximum absolute atomic E-state index is 9.26. The van der Waals surface area contributed by atoms with Crippen molar-refractivity contribution in [1.82, 2.24) is 0 Å². The first-order valence-electron chi connectivity index (χ1n) is 6.94. The van der Waals surface area contributed by atoms with Gasteiger partial charge < -0.3 is 9.52 Å². The van der Waals surface area contributed by atoms with Crippen molar-refractivity contribution in [2.45, 2.75) is 19.3 Å². The minimum absolute atomic E-state index is 0.295. The van der Waals surface area contributed by atoms with E-state index in [4.69, 9.17) is 9.68 Å². The topological polar surface area (TPSA) is 57.2 Å². The summed E-state index contributed by atoms with van der Waals surface area (Å²) < 4.78 is 5.52. The first kappa shape index (κ1) is 13.3. The lowest BCUT2D eigenvalue weighted by Gasteiger charge is -2.01. The monoisotopic (exact) mass is 277 g/mol. The molecule has 0 amide bonds. The van der Waals surface area contributed by atoms with Crippen LogP contribution in [0.3, 0.4) is 0 Å². The van der Waals surface area contributed by atoms with Crippen molar-refractivity contribution in [2.75, 3.05) is 0 Å². The zero-order chi connectivity index (χ0) is 14.7. The van der Waals surface area contributed by atoms with Gasteiger partial charge in [-0.1, -0.05) is 12.1 Å². The number of fused-ring (bicyclic) bond motifs is 1. The molecule has 3 nitrogen and oxygen atoms in total. The average Bonchev–Trinajstić information content (AvgIpc) is 2.91. The Morgan fingerprint density at radius 1 is 1.05 bits per heavy atom. The molecule has 0 aliphatic carbocycles. The van der Waals surface area contributed by atoms with Gasteiger partial charge >= 0.3 is 0 Å². The predicted molar refractivity (Wildman–Crippen MR) is 81.1 cm³/mol. The first-order valence-corrected chi connectivity index (χ1v) is 6.94. The standard InChI is InChI=1S/C18H15NO2/c19-11-14-6-9-18-17(10-14)15(12-21-18)3-1-2-13-4-7-16(20)8-5-13/h4-10,12,20H,1-3H2. The molecule has 0 atom stereocenters. The number of phenolic OH excluding ortho intramolecular Hbond substituents is 1. The Kier molecular flexibility index (Phi) is 3.61. The summed E-state index contributed by atoms with van der Waals surface area (Å²) in [6, 6.07) is 15.0. The third kappa shape index (κ3) is 2.90. The number of hydrogen-bond acceptors (Lipinski definition) is 3. The number of benzene rings is 2. The molecular weight excluding hydrogens is 262 g/mol. The number of hydrogen-bond donors (Lipinski definition) is 1. The number of nitriles is 1. The van der Waals surface area contributed by atoms with E-state index >= 15 is 0 Å². The lowest BCUT2D eigenvalue weighted by Crippen LogP contribution is -1.89. The van der Waals surface area contributed by atoms with Gasteiger partial charge in [0.25, 0.3) is 0 Å². The van der Waals surface area contributed by atoms with Crippen LogP contribution in [0.1, 0.15) is 23.1 Å². The molecule has 21 heavy (non-hydrogen) atoms. The molecular formula is C18H15NO2. The maximum atomic E-state index is 9.26. The van der Waals surface area contributed by atoms with Crippen LogP contribution in [-0.2, 0) is 12.8 Å². The van der Waals surface area contributed by atoms with E-state index in [1.807, 2.05) is 24.3 Å². The van der Waals surface area contributed by atoms with Crippen LogP contribution in [0.2, 0.25) is 0 Å². The lowest BCUT2D eigenvalue weighted by atomic mass is 10.0. The molecule has 1 heterocycles. The molecule has 1 N–H and O–H groups in total. The van der Waals surface area contributed by atoms with Crippen LogP contribution in [0, 0.1) is 11.3 Å². The highest BCUT2D eigenvalue weighted by Gasteiger charge is 2.07. The molecule has 3 heteroatoms. The van der Waals surface area contributed by atoms with E-state index in [1.54, 1.807) is 24.5 Å². The lowest BCUT2D eigenvalue weighted by molar-refractivity contribution is 0.475. The van der Waals surface area contributed by atoms with E-state index in [9.17, 15) is 5.11 Å². The summed E-state index contributed by atoms with van der Waals surface area (Å²) in [6.45, 7) is 0. The van der Waals surface area contributed by atoms with E-state index < -0.39 is 0 Å². The first-order chi connectivity index (χ1) is 10.3. The smallest absolute Gasteiger partial charge is 0.134 e. The molecule has 0 aliphatic heterocycles. The summed E-state index contributed by atoms with van der Waals surface area (Å²) in [4.78, 5) is 0. The van der Waals surface area contributed by atoms with Crippen molar-refractivity contribution >= 4 is 11.0 Å². The number of aryl methyl sites for hydroxylation is 2. The van der Waals surface area contributed by atoms with Crippen molar-refractivity contribution in [1.29, 1.82) is 5.26 Å². The highest BCUT2D eigenvalue weighted by molar-refractivity contribution is 5.82. The summed E-state index contributed by atoms with van der Waals surface area (Å²) in [7, 11) is 0. The van der Waals surface area contributed by atoms with Gasteiger partial charge in [0.05, 0.1) is 17.9 Å². The van der Waals surface area contributed by atoms with Gasteiger partial charge in [-0.15, -0.1) is 0 Å². The average molecular weight is 277 g/mol. The molecule has 0 radical (unpaired) electrons. The van der Waals surface area contributed by atoms with Crippen LogP contribution in [0.5, 0.6) is 5.75 Å². The second-order valence-corrected chi connectivity index (χ2v) is 5.10. The number of aromatic hydroxyl groups is 1. The minimum atomic E-state index is 0.295. The summed E-state index contributed by atoms with van der Waals surface area (Å²) in [5, 5.41) is 19.3. The van der Waals surface area contributed by atoms with Gasteiger partial charge in [0.15, 0.2) is 0 Å². The summed E-state index contributed by atoms with van der Waals surface area (Å²) in [6.07, 6.45) is 4.63. The van der Waals surface area contributed by atoms with Crippen LogP contribution in [-0.4, -0.2) is 5.11 Å². The second kappa shape index (κ2) is 5.72. The Hall–Kier alpha value is -2.73. The third-order valence-electron chi connectivity index (χ3n) is 3.63. The fraction of sp³-hybridized carbons (Fsp3) is 0.167. The molecule has 3 aromatic rings. The fourth-order valence-corrected chi connectivity index (χ4v) is 2.49. The van der Waals surface area contributed by atoms with Crippen LogP contribution < -0.4 is 0 Å². The fourth-order valence-electron chi connectivity index (χ4n) is 2.49. The number of furan rings is 1. The molecule has 3 rings (SSSR count). The Morgan fingerprint density at radius 2 is 1.86 bits per heavy atom. The molecule has 2 aromatic carbocycles. The summed E-state index contributed by atoms with van der Waals surface area (Å²) in [5.74, 6) is 0.295. The quantitative estimate of drug-likeness (QED) is 0.778. The molecule has 104 valence electrons. The zero-order valence-corrected chi connectivity index (χ0v) is 11.5. The Bertz CT molecular complexity index is 794. The van der Waals surface area contributed by atoms with Crippen LogP contribution in [0.4, 0.5) is 0 Å². The van der Waals surface area contributed by atoms with Crippen molar-refractivity contribution in [3.63, 3.8) is 0 Å². The highest BCUT2D eigenvalue weighted by atomic mass is 16.3. The van der Waals surface area contributed by atoms with Crippen LogP contribution in [0.15, 0.2) is 53.1 Å². The summed E-state index contributed by atoms with van der Waals surface area (Å²) >= 11 is 0. The van der Waals surface area contributed by atoms with E-state index in [2.05, 4.69) is 6.07 Å². The molecule has 0 saturated heterocycles. The second-order valence-electron chi connectivity index (χ2n) is 5.10. The van der Waals surface area contributed by atoms with Gasteiger partial charge in [-0.05, 0) is 60.7 Å². The predicted octanol–water partition coefficient (Wildman–Crippen LogP) is 4.19. The van der Waals surface area contributed by atoms with Crippen LogP contribution in [0.25, 0.3) is 11.0 Å². The van der Waals surface area contributed by atoms with E-state index in [-0.39, 0.29) is 0 Å². The van der Waals surface area contributed by atoms with Gasteiger partial charge in [0, 0.05) is 5.39 Å². The van der Waals surface area contributed by atoms with Gasteiger partial charge in [-0.3, -0.25) is 0 Å². The normalized spacial score (nSPS) is 10.6. The van der Waals surface area contributed by atoms with Gasteiger partial charge in [0.1, 0.15) is 11.3 Å². The SMILES string of the molecule is N#Cc1ccc2occ(CCCc3ccc(O)cc3)c2c1. The van der Waals surface area contributed by atoms with E-state index in [1.165, 1.54) is 5.56 Å². The molecule has 0 bridgehead atoms. The third-order valence-corrected chi connectivity index (χ3v) is 3.63. The van der Waals surface area contributed by atoms with Crippen molar-refractivity contribution in [3.8, 4) is 11.8 Å². The number of rotatable bonds is 4. The number of nitrogens with zero attached hydrogens (tertiary/aromatic N) is 1. The molecule has 1 aromatic heterocycles. The summed E-state index contributed by atoms with van der Waals surface area (Å²) in [5.41, 5.74) is 3.83. The van der Waals surface area contributed by atoms with Crippen molar-refractivity contribution in [3.05, 3.63) is 65.4 Å². The van der Waals surface area contributed by atoms with Crippen molar-refractivity contribution < 1.29 is 9.52 Å². The zero-order valence-electron chi connectivity index (χ0n) is 11.5. The molecule has 0 fully saturated rings. The Labute approximate surface area is 123 Å². The molecule has 0 spiro atoms. The van der Waals surface area contributed by atoms with E-state index in [0.29, 0.717) is 11.3 Å².